The van der Waals surface area contributed by atoms with Crippen molar-refractivity contribution in [3.63, 3.8) is 0 Å². The van der Waals surface area contributed by atoms with Gasteiger partial charge in [-0.15, -0.1) is 0 Å². The van der Waals surface area contributed by atoms with Crippen molar-refractivity contribution < 1.29 is 18.6 Å². The summed E-state index contributed by atoms with van der Waals surface area (Å²) in [5.74, 6) is 0.880. The minimum Gasteiger partial charge on any atom is -0.456 e. The second-order valence-corrected chi connectivity index (χ2v) is 9.83. The van der Waals surface area contributed by atoms with Gasteiger partial charge in [-0.25, -0.2) is 4.98 Å². The second-order valence-electron chi connectivity index (χ2n) is 9.83. The second kappa shape index (κ2) is 9.82. The number of anilines is 1. The van der Waals surface area contributed by atoms with Crippen LogP contribution in [0.4, 0.5) is 11.4 Å². The van der Waals surface area contributed by atoms with Crippen LogP contribution >= 0.6 is 0 Å². The Hall–Kier alpha value is -4.98. The minimum absolute atomic E-state index is 0.0524. The standard InChI is InChI=1S/C30H25N3O5/c1-30(2,3)20-10-8-19(9-11-20)29-32-24-18-21(12-15-27(24)38-29)31-28(34)17-14-22-13-16-26(37-22)23-6-4-5-7-25(23)33(35)36/h4-18H,1-3H3,(H,31,34). The number of carbonyl (C=O) groups excluding carboxylic acids is 1. The van der Waals surface area contributed by atoms with Crippen molar-refractivity contribution in [2.45, 2.75) is 26.2 Å². The maximum atomic E-state index is 12.5. The molecule has 0 atom stereocenters. The summed E-state index contributed by atoms with van der Waals surface area (Å²) in [7, 11) is 0. The van der Waals surface area contributed by atoms with Gasteiger partial charge in [-0.3, -0.25) is 14.9 Å². The number of nitrogens with zero attached hydrogens (tertiary/aromatic N) is 2. The van der Waals surface area contributed by atoms with E-state index in [2.05, 4.69) is 43.2 Å². The van der Waals surface area contributed by atoms with Gasteiger partial charge in [-0.05, 0) is 65.6 Å². The van der Waals surface area contributed by atoms with E-state index in [-0.39, 0.29) is 17.0 Å². The molecule has 0 unspecified atom stereocenters. The number of hydrogen-bond donors (Lipinski definition) is 1. The van der Waals surface area contributed by atoms with E-state index >= 15 is 0 Å². The summed E-state index contributed by atoms with van der Waals surface area (Å²) in [6, 6.07) is 23.0. The van der Waals surface area contributed by atoms with E-state index in [0.717, 1.165) is 5.56 Å². The van der Waals surface area contributed by atoms with Gasteiger partial charge in [0.15, 0.2) is 5.58 Å². The lowest BCUT2D eigenvalue weighted by atomic mass is 9.87. The fourth-order valence-corrected chi connectivity index (χ4v) is 4.01. The topological polar surface area (TPSA) is 111 Å². The highest BCUT2D eigenvalue weighted by molar-refractivity contribution is 6.02. The van der Waals surface area contributed by atoms with E-state index in [1.807, 2.05) is 12.1 Å². The molecule has 0 aliphatic heterocycles. The predicted molar refractivity (Wildman–Crippen MR) is 147 cm³/mol. The Morgan fingerprint density at radius 3 is 2.47 bits per heavy atom. The van der Waals surface area contributed by atoms with Crippen molar-refractivity contribution in [1.82, 2.24) is 4.98 Å². The first-order valence-corrected chi connectivity index (χ1v) is 12.0. The predicted octanol–water partition coefficient (Wildman–Crippen LogP) is 7.61. The van der Waals surface area contributed by atoms with Crippen LogP contribution in [0.1, 0.15) is 32.1 Å². The molecule has 5 rings (SSSR count). The molecule has 38 heavy (non-hydrogen) atoms. The summed E-state index contributed by atoms with van der Waals surface area (Å²) in [5.41, 5.74) is 4.28. The van der Waals surface area contributed by atoms with E-state index in [4.69, 9.17) is 8.83 Å². The molecule has 0 saturated carbocycles. The Morgan fingerprint density at radius 2 is 1.74 bits per heavy atom. The monoisotopic (exact) mass is 507 g/mol. The summed E-state index contributed by atoms with van der Waals surface area (Å²) in [6.45, 7) is 6.49. The SMILES string of the molecule is CC(C)(C)c1ccc(-c2nc3cc(NC(=O)C=Cc4ccc(-c5ccccc5[N+](=O)[O-])o4)ccc3o2)cc1. The molecule has 0 aliphatic carbocycles. The number of nitro groups is 1. The van der Waals surface area contributed by atoms with Gasteiger partial charge in [-0.2, -0.15) is 0 Å². The molecule has 0 radical (unpaired) electrons. The van der Waals surface area contributed by atoms with Crippen LogP contribution in [0.5, 0.6) is 0 Å². The van der Waals surface area contributed by atoms with Crippen molar-refractivity contribution in [2.75, 3.05) is 5.32 Å². The van der Waals surface area contributed by atoms with Gasteiger partial charge in [0.1, 0.15) is 17.0 Å². The average molecular weight is 508 g/mol. The van der Waals surface area contributed by atoms with Crippen LogP contribution in [-0.4, -0.2) is 15.8 Å². The van der Waals surface area contributed by atoms with Crippen molar-refractivity contribution in [3.8, 4) is 22.8 Å². The first kappa shape index (κ1) is 24.7. The van der Waals surface area contributed by atoms with Crippen LogP contribution in [0.2, 0.25) is 0 Å². The zero-order valence-corrected chi connectivity index (χ0v) is 21.1. The third kappa shape index (κ3) is 5.24. The molecule has 1 N–H and O–H groups in total. The lowest BCUT2D eigenvalue weighted by Gasteiger charge is -2.18. The van der Waals surface area contributed by atoms with E-state index in [0.29, 0.717) is 39.8 Å². The average Bonchev–Trinajstić information content (AvgIpc) is 3.54. The number of hydrogen-bond acceptors (Lipinski definition) is 6. The first-order valence-electron chi connectivity index (χ1n) is 12.0. The maximum Gasteiger partial charge on any atom is 0.280 e. The van der Waals surface area contributed by atoms with E-state index < -0.39 is 4.92 Å². The summed E-state index contributed by atoms with van der Waals surface area (Å²) in [4.78, 5) is 27.9. The summed E-state index contributed by atoms with van der Waals surface area (Å²) < 4.78 is 11.6. The fraction of sp³-hybridized carbons (Fsp3) is 0.133. The van der Waals surface area contributed by atoms with Crippen LogP contribution in [0.25, 0.3) is 40.0 Å². The van der Waals surface area contributed by atoms with E-state index in [1.165, 1.54) is 23.8 Å². The number of aromatic nitrogens is 1. The minimum atomic E-state index is -0.460. The van der Waals surface area contributed by atoms with Crippen LogP contribution in [-0.2, 0) is 10.2 Å². The number of nitrogens with one attached hydrogen (secondary N) is 1. The van der Waals surface area contributed by atoms with E-state index in [1.54, 1.807) is 48.5 Å². The Balaban J connectivity index is 1.28. The van der Waals surface area contributed by atoms with Crippen molar-refractivity contribution >= 4 is 34.5 Å². The zero-order valence-electron chi connectivity index (χ0n) is 21.1. The van der Waals surface area contributed by atoms with Crippen molar-refractivity contribution in [3.05, 3.63) is 106 Å². The molecule has 2 heterocycles. The lowest BCUT2D eigenvalue weighted by Crippen LogP contribution is -2.10. The zero-order chi connectivity index (χ0) is 26.9. The van der Waals surface area contributed by atoms with Crippen LogP contribution in [0, 0.1) is 10.1 Å². The molecule has 8 nitrogen and oxygen atoms in total. The molecule has 5 aromatic rings. The first-order chi connectivity index (χ1) is 18.2. The van der Waals surface area contributed by atoms with Crippen LogP contribution < -0.4 is 5.32 Å². The number of fused-ring (bicyclic) bond motifs is 1. The number of para-hydroxylation sites is 1. The van der Waals surface area contributed by atoms with Gasteiger partial charge in [0.05, 0.1) is 10.5 Å². The molecule has 0 aliphatic rings. The molecule has 1 amide bonds. The molecule has 0 spiro atoms. The molecule has 0 bridgehead atoms. The third-order valence-electron chi connectivity index (χ3n) is 6.04. The Bertz CT molecular complexity index is 1670. The van der Waals surface area contributed by atoms with Gasteiger partial charge in [0, 0.05) is 23.4 Å². The summed E-state index contributed by atoms with van der Waals surface area (Å²) in [5, 5.41) is 14.1. The molecule has 3 aromatic carbocycles. The molecule has 2 aromatic heterocycles. The largest absolute Gasteiger partial charge is 0.456 e. The quantitative estimate of drug-likeness (QED) is 0.144. The number of oxazole rings is 1. The van der Waals surface area contributed by atoms with Crippen molar-refractivity contribution in [2.24, 2.45) is 0 Å². The van der Waals surface area contributed by atoms with Gasteiger partial charge >= 0.3 is 0 Å². The maximum absolute atomic E-state index is 12.5. The Morgan fingerprint density at radius 1 is 0.974 bits per heavy atom. The molecular weight excluding hydrogens is 482 g/mol. The number of carbonyl (C=O) groups is 1. The van der Waals surface area contributed by atoms with Crippen LogP contribution in [0.3, 0.4) is 0 Å². The van der Waals surface area contributed by atoms with Gasteiger partial charge in [0.25, 0.3) is 5.69 Å². The highest BCUT2D eigenvalue weighted by atomic mass is 16.6. The Kier molecular flexibility index (Phi) is 6.38. The summed E-state index contributed by atoms with van der Waals surface area (Å²) in [6.07, 6.45) is 2.83. The van der Waals surface area contributed by atoms with Gasteiger partial charge in [0.2, 0.25) is 11.8 Å². The number of rotatable bonds is 6. The summed E-state index contributed by atoms with van der Waals surface area (Å²) >= 11 is 0. The number of nitro benzene ring substituents is 1. The van der Waals surface area contributed by atoms with Crippen LogP contribution in [0.15, 0.2) is 93.8 Å². The number of benzene rings is 3. The highest BCUT2D eigenvalue weighted by Crippen LogP contribution is 2.31. The third-order valence-corrected chi connectivity index (χ3v) is 6.04. The van der Waals surface area contributed by atoms with E-state index in [9.17, 15) is 14.9 Å². The number of amides is 1. The molecular formula is C30H25N3O5. The smallest absolute Gasteiger partial charge is 0.280 e. The van der Waals surface area contributed by atoms with Crippen molar-refractivity contribution in [1.29, 1.82) is 0 Å². The normalized spacial score (nSPS) is 11.8. The lowest BCUT2D eigenvalue weighted by molar-refractivity contribution is -0.384. The Labute approximate surface area is 218 Å². The number of furan rings is 1. The van der Waals surface area contributed by atoms with Gasteiger partial charge < -0.3 is 14.2 Å². The molecule has 8 heteroatoms. The fourth-order valence-electron chi connectivity index (χ4n) is 4.01. The highest BCUT2D eigenvalue weighted by Gasteiger charge is 2.17. The van der Waals surface area contributed by atoms with Gasteiger partial charge in [-0.1, -0.05) is 45.0 Å². The molecule has 190 valence electrons. The molecule has 0 fully saturated rings. The molecule has 0 saturated heterocycles.